The van der Waals surface area contributed by atoms with Crippen molar-refractivity contribution in [3.8, 4) is 0 Å². The molecule has 4 N–H and O–H groups in total. The summed E-state index contributed by atoms with van der Waals surface area (Å²) in [5.74, 6) is -2.57. The van der Waals surface area contributed by atoms with Gasteiger partial charge in [-0.05, 0) is 70.1 Å². The largest absolute Gasteiger partial charge is 0.456 e. The van der Waals surface area contributed by atoms with Crippen molar-refractivity contribution in [3.63, 3.8) is 0 Å². The van der Waals surface area contributed by atoms with Crippen LogP contribution < -0.4 is 0 Å². The summed E-state index contributed by atoms with van der Waals surface area (Å²) >= 11 is 0. The van der Waals surface area contributed by atoms with E-state index in [0.29, 0.717) is 24.8 Å². The molecule has 5 aliphatic rings. The number of esters is 1. The first-order valence-electron chi connectivity index (χ1n) is 13.9. The van der Waals surface area contributed by atoms with Gasteiger partial charge in [-0.15, -0.1) is 0 Å². The van der Waals surface area contributed by atoms with E-state index in [1.165, 1.54) is 0 Å². The molecule has 206 valence electrons. The maximum Gasteiger partial charge on any atom is 0.334 e. The molecular weight excluding hydrogens is 476 g/mol. The van der Waals surface area contributed by atoms with Gasteiger partial charge in [0.2, 0.25) is 0 Å². The molecule has 8 nitrogen and oxygen atoms in total. The van der Waals surface area contributed by atoms with Crippen molar-refractivity contribution in [2.24, 2.45) is 34.5 Å². The van der Waals surface area contributed by atoms with Crippen molar-refractivity contribution in [2.45, 2.75) is 115 Å². The van der Waals surface area contributed by atoms with Crippen molar-refractivity contribution in [1.29, 1.82) is 0 Å². The fourth-order valence-corrected chi connectivity index (χ4v) is 9.39. The molecule has 1 heterocycles. The van der Waals surface area contributed by atoms with E-state index in [1.54, 1.807) is 20.8 Å². The van der Waals surface area contributed by atoms with E-state index < -0.39 is 64.1 Å². The summed E-state index contributed by atoms with van der Waals surface area (Å²) < 4.78 is 5.69. The van der Waals surface area contributed by atoms with Crippen LogP contribution in [0.15, 0.2) is 11.1 Å². The minimum Gasteiger partial charge on any atom is -0.456 e. The van der Waals surface area contributed by atoms with Crippen LogP contribution in [0, 0.1) is 34.5 Å². The van der Waals surface area contributed by atoms with Crippen LogP contribution in [0.1, 0.15) is 86.0 Å². The molecule has 4 fully saturated rings. The predicted octanol–water partition coefficient (Wildman–Crippen LogP) is 2.24. The molecule has 1 unspecified atom stereocenters. The van der Waals surface area contributed by atoms with Gasteiger partial charge < -0.3 is 25.2 Å². The van der Waals surface area contributed by atoms with Crippen LogP contribution in [0.4, 0.5) is 0 Å². The molecule has 0 spiro atoms. The molecule has 0 bridgehead atoms. The van der Waals surface area contributed by atoms with Gasteiger partial charge in [0.1, 0.15) is 23.3 Å². The number of ether oxygens (including phenoxy) is 1. The Morgan fingerprint density at radius 1 is 1.05 bits per heavy atom. The number of fused-ring (bicyclic) bond motifs is 5. The molecule has 0 radical (unpaired) electrons. The Balaban J connectivity index is 1.51. The normalized spacial score (nSPS) is 49.6. The first-order chi connectivity index (χ1) is 17.1. The van der Waals surface area contributed by atoms with E-state index >= 15 is 0 Å². The SMILES string of the molecule is CCC1=C(C)C(=O)O[C@@H]([C@](C)(O)[C@H]2CC[C@@]3(O)C4CC(=O)[C@@H]5C[C@@H](O)[C@@H](O)C[C@]5(C)[C@@H]4CC(=O)[C@]23C)C1. The molecule has 11 atom stereocenters. The quantitative estimate of drug-likeness (QED) is 0.417. The third kappa shape index (κ3) is 3.44. The lowest BCUT2D eigenvalue weighted by molar-refractivity contribution is -0.227. The number of carbonyl (C=O) groups excluding carboxylic acids is 3. The minimum absolute atomic E-state index is 0.0376. The van der Waals surface area contributed by atoms with Crippen molar-refractivity contribution < 1.29 is 39.5 Å². The van der Waals surface area contributed by atoms with Gasteiger partial charge in [-0.2, -0.15) is 0 Å². The third-order valence-corrected chi connectivity index (χ3v) is 11.8. The fraction of sp³-hybridized carbons (Fsp3) is 0.828. The highest BCUT2D eigenvalue weighted by Gasteiger charge is 2.74. The molecule has 0 aromatic carbocycles. The lowest BCUT2D eigenvalue weighted by Gasteiger charge is -2.63. The summed E-state index contributed by atoms with van der Waals surface area (Å²) in [7, 11) is 0. The summed E-state index contributed by atoms with van der Waals surface area (Å²) in [6.45, 7) is 8.94. The van der Waals surface area contributed by atoms with Crippen LogP contribution in [-0.4, -0.2) is 67.5 Å². The van der Waals surface area contributed by atoms with Gasteiger partial charge in [0.05, 0.1) is 23.2 Å². The van der Waals surface area contributed by atoms with E-state index in [-0.39, 0.29) is 49.6 Å². The monoisotopic (exact) mass is 518 g/mol. The average molecular weight is 519 g/mol. The van der Waals surface area contributed by atoms with Gasteiger partial charge >= 0.3 is 5.97 Å². The number of rotatable bonds is 3. The van der Waals surface area contributed by atoms with Gasteiger partial charge in [-0.25, -0.2) is 4.79 Å². The van der Waals surface area contributed by atoms with Crippen LogP contribution in [0.5, 0.6) is 0 Å². The molecule has 5 rings (SSSR count). The highest BCUT2D eigenvalue weighted by molar-refractivity contribution is 5.91. The number of cyclic esters (lactones) is 1. The third-order valence-electron chi connectivity index (χ3n) is 11.8. The summed E-state index contributed by atoms with van der Waals surface area (Å²) in [6, 6.07) is 0. The van der Waals surface area contributed by atoms with Crippen LogP contribution in [0.25, 0.3) is 0 Å². The van der Waals surface area contributed by atoms with Crippen molar-refractivity contribution >= 4 is 17.5 Å². The highest BCUT2D eigenvalue weighted by atomic mass is 16.6. The maximum atomic E-state index is 14.1. The van der Waals surface area contributed by atoms with Gasteiger partial charge in [0.15, 0.2) is 0 Å². The molecule has 1 aliphatic heterocycles. The molecule has 0 aromatic rings. The predicted molar refractivity (Wildman–Crippen MR) is 133 cm³/mol. The van der Waals surface area contributed by atoms with E-state index in [4.69, 9.17) is 4.74 Å². The number of ketones is 2. The second-order valence-electron chi connectivity index (χ2n) is 13.3. The number of hydrogen-bond donors (Lipinski definition) is 4. The van der Waals surface area contributed by atoms with Crippen LogP contribution >= 0.6 is 0 Å². The Morgan fingerprint density at radius 2 is 1.73 bits per heavy atom. The van der Waals surface area contributed by atoms with Crippen molar-refractivity contribution in [3.05, 3.63) is 11.1 Å². The Bertz CT molecular complexity index is 1060. The molecule has 37 heavy (non-hydrogen) atoms. The molecular formula is C29H42O8. The topological polar surface area (TPSA) is 141 Å². The highest BCUT2D eigenvalue weighted by Crippen LogP contribution is 2.69. The van der Waals surface area contributed by atoms with E-state index in [0.717, 1.165) is 5.57 Å². The second-order valence-corrected chi connectivity index (χ2v) is 13.3. The Kier molecular flexibility index (Phi) is 6.16. The number of carbonyl (C=O) groups is 3. The van der Waals surface area contributed by atoms with Crippen LogP contribution in [0.2, 0.25) is 0 Å². The first-order valence-corrected chi connectivity index (χ1v) is 13.9. The van der Waals surface area contributed by atoms with E-state index in [2.05, 4.69) is 0 Å². The molecule has 8 heteroatoms. The average Bonchev–Trinajstić information content (AvgIpc) is 3.12. The molecule has 0 aromatic heterocycles. The van der Waals surface area contributed by atoms with Crippen LogP contribution in [-0.2, 0) is 19.1 Å². The summed E-state index contributed by atoms with van der Waals surface area (Å²) in [5, 5.41) is 45.1. The molecule has 0 amide bonds. The molecule has 0 saturated heterocycles. The number of Topliss-reactive ketones (excluding diaryl/α,β-unsaturated/α-hetero) is 2. The fourth-order valence-electron chi connectivity index (χ4n) is 9.39. The number of hydrogen-bond acceptors (Lipinski definition) is 8. The lowest BCUT2D eigenvalue weighted by Crippen LogP contribution is -2.69. The molecule has 4 saturated carbocycles. The lowest BCUT2D eigenvalue weighted by atomic mass is 9.42. The van der Waals surface area contributed by atoms with E-state index in [1.807, 2.05) is 13.8 Å². The smallest absolute Gasteiger partial charge is 0.334 e. The zero-order chi connectivity index (χ0) is 27.3. The second kappa shape index (κ2) is 8.44. The molecule has 4 aliphatic carbocycles. The number of aliphatic hydroxyl groups excluding tert-OH is 2. The zero-order valence-electron chi connectivity index (χ0n) is 22.6. The van der Waals surface area contributed by atoms with Crippen molar-refractivity contribution in [2.75, 3.05) is 0 Å². The Morgan fingerprint density at radius 3 is 2.38 bits per heavy atom. The Hall–Kier alpha value is -1.61. The summed E-state index contributed by atoms with van der Waals surface area (Å²) in [6.07, 6.45) is -0.500. The van der Waals surface area contributed by atoms with Gasteiger partial charge in [0, 0.05) is 36.7 Å². The standard InChI is InChI=1S/C29H42O8/c1-6-15-9-24(37-25(34)14(15)2)28(5,35)22-7-8-29(36)17-10-19(30)18-11-20(31)21(32)13-26(18,3)16(17)12-23(33)27(22,29)4/h16-18,20-22,24,31-32,35-36H,6-13H2,1-5H3/t16-,17?,18+,20-,21+,22+,24-,26-,27+,28-,29-/m1/s1. The van der Waals surface area contributed by atoms with Crippen LogP contribution in [0.3, 0.4) is 0 Å². The van der Waals surface area contributed by atoms with Gasteiger partial charge in [0.25, 0.3) is 0 Å². The van der Waals surface area contributed by atoms with Gasteiger partial charge in [-0.1, -0.05) is 19.4 Å². The van der Waals surface area contributed by atoms with E-state index in [9.17, 15) is 34.8 Å². The zero-order valence-corrected chi connectivity index (χ0v) is 22.6. The summed E-state index contributed by atoms with van der Waals surface area (Å²) in [5.41, 5.74) is -3.61. The van der Waals surface area contributed by atoms with Crippen molar-refractivity contribution in [1.82, 2.24) is 0 Å². The maximum absolute atomic E-state index is 14.1. The summed E-state index contributed by atoms with van der Waals surface area (Å²) in [4.78, 5) is 40.1. The first kappa shape index (κ1) is 27.0. The minimum atomic E-state index is -1.56. The number of aliphatic hydroxyl groups is 4. The van der Waals surface area contributed by atoms with Gasteiger partial charge in [-0.3, -0.25) is 9.59 Å². The Labute approximate surface area is 218 Å².